The summed E-state index contributed by atoms with van der Waals surface area (Å²) in [4.78, 5) is 13.3. The van der Waals surface area contributed by atoms with Gasteiger partial charge in [0.05, 0.1) is 0 Å². The van der Waals surface area contributed by atoms with Crippen LogP contribution in [0, 0.1) is 0 Å². The van der Waals surface area contributed by atoms with Crippen molar-refractivity contribution < 1.29 is 14.6 Å². The summed E-state index contributed by atoms with van der Waals surface area (Å²) in [5.41, 5.74) is 0.909. The van der Waals surface area contributed by atoms with Gasteiger partial charge in [0, 0.05) is 21.7 Å². The maximum absolute atomic E-state index is 12.4. The van der Waals surface area contributed by atoms with E-state index < -0.39 is 6.10 Å². The zero-order valence-corrected chi connectivity index (χ0v) is 13.8. The smallest absolute Gasteiger partial charge is 0.231 e. The molecule has 0 saturated carbocycles. The second-order valence-corrected chi connectivity index (χ2v) is 6.96. The Morgan fingerprint density at radius 3 is 2.92 bits per heavy atom. The maximum atomic E-state index is 12.4. The Hall–Kier alpha value is -2.37. The number of nitrogens with one attached hydrogen (secondary N) is 1. The second-order valence-electron chi connectivity index (χ2n) is 5.85. The van der Waals surface area contributed by atoms with Crippen molar-refractivity contribution in [3.05, 3.63) is 65.0 Å². The number of hydrogen-bond donors (Lipinski definition) is 2. The minimum Gasteiger partial charge on any atom is -0.492 e. The summed E-state index contributed by atoms with van der Waals surface area (Å²) in [6.45, 7) is 0.550. The van der Waals surface area contributed by atoms with Gasteiger partial charge in [-0.25, -0.2) is 0 Å². The van der Waals surface area contributed by atoms with Crippen LogP contribution < -0.4 is 10.1 Å². The van der Waals surface area contributed by atoms with E-state index in [1.54, 1.807) is 11.3 Å². The van der Waals surface area contributed by atoms with Gasteiger partial charge in [0.1, 0.15) is 24.4 Å². The van der Waals surface area contributed by atoms with Crippen LogP contribution >= 0.6 is 11.3 Å². The number of para-hydroxylation sites is 1. The van der Waals surface area contributed by atoms with Gasteiger partial charge in [0.25, 0.3) is 0 Å². The van der Waals surface area contributed by atoms with Crippen LogP contribution in [0.3, 0.4) is 0 Å². The van der Waals surface area contributed by atoms with Crippen LogP contribution in [0.1, 0.15) is 22.5 Å². The van der Waals surface area contributed by atoms with Gasteiger partial charge >= 0.3 is 0 Å². The van der Waals surface area contributed by atoms with E-state index >= 15 is 0 Å². The lowest BCUT2D eigenvalue weighted by molar-refractivity contribution is -0.123. The van der Waals surface area contributed by atoms with Crippen molar-refractivity contribution in [1.29, 1.82) is 0 Å². The van der Waals surface area contributed by atoms with Crippen LogP contribution in [-0.4, -0.2) is 24.2 Å². The summed E-state index contributed by atoms with van der Waals surface area (Å²) in [7, 11) is 0. The molecule has 5 heteroatoms. The van der Waals surface area contributed by atoms with Crippen LogP contribution in [-0.2, 0) is 4.79 Å². The third kappa shape index (κ3) is 2.77. The first kappa shape index (κ1) is 15.2. The molecule has 0 spiro atoms. The molecule has 1 aliphatic rings. The lowest BCUT2D eigenvalue weighted by atomic mass is 10.0. The van der Waals surface area contributed by atoms with Crippen molar-refractivity contribution in [2.24, 2.45) is 0 Å². The fourth-order valence-electron chi connectivity index (χ4n) is 2.97. The zero-order valence-electron chi connectivity index (χ0n) is 12.9. The van der Waals surface area contributed by atoms with Crippen molar-refractivity contribution in [1.82, 2.24) is 5.32 Å². The first-order valence-corrected chi connectivity index (χ1v) is 8.70. The van der Waals surface area contributed by atoms with E-state index in [9.17, 15) is 9.90 Å². The number of amides is 1. The number of aliphatic hydroxyl groups excluding tert-OH is 1. The lowest BCUT2D eigenvalue weighted by Gasteiger charge is -2.13. The third-order valence-corrected chi connectivity index (χ3v) is 5.48. The highest BCUT2D eigenvalue weighted by Gasteiger charge is 2.30. The molecule has 24 heavy (non-hydrogen) atoms. The molecule has 0 saturated heterocycles. The minimum absolute atomic E-state index is 0.111. The molecule has 0 fully saturated rings. The first-order chi connectivity index (χ1) is 11.7. The summed E-state index contributed by atoms with van der Waals surface area (Å²) in [5.74, 6) is 0.346. The van der Waals surface area contributed by atoms with Crippen LogP contribution in [0.4, 0.5) is 0 Å². The molecule has 2 unspecified atom stereocenters. The Balaban J connectivity index is 1.42. The van der Waals surface area contributed by atoms with E-state index in [1.165, 1.54) is 0 Å². The van der Waals surface area contributed by atoms with Gasteiger partial charge in [-0.2, -0.15) is 0 Å². The highest BCUT2D eigenvalue weighted by atomic mass is 32.1. The number of hydrogen-bond acceptors (Lipinski definition) is 4. The molecule has 3 aromatic rings. The largest absolute Gasteiger partial charge is 0.492 e. The fraction of sp³-hybridized carbons (Fsp3) is 0.211. The molecule has 2 heterocycles. The number of aliphatic hydroxyl groups is 1. The van der Waals surface area contributed by atoms with Crippen LogP contribution in [0.5, 0.6) is 5.75 Å². The van der Waals surface area contributed by atoms with Gasteiger partial charge in [0.15, 0.2) is 0 Å². The Bertz CT molecular complexity index is 856. The Kier molecular flexibility index (Phi) is 3.96. The van der Waals surface area contributed by atoms with Crippen molar-refractivity contribution in [2.75, 3.05) is 13.2 Å². The van der Waals surface area contributed by atoms with Crippen LogP contribution in [0.15, 0.2) is 54.6 Å². The Labute approximate surface area is 143 Å². The van der Waals surface area contributed by atoms with Gasteiger partial charge in [-0.1, -0.05) is 36.4 Å². The van der Waals surface area contributed by atoms with E-state index in [2.05, 4.69) is 5.32 Å². The lowest BCUT2D eigenvalue weighted by Crippen LogP contribution is -2.33. The maximum Gasteiger partial charge on any atom is 0.231 e. The molecule has 122 valence electrons. The molecular formula is C19H17NO3S. The molecule has 1 aromatic heterocycles. The summed E-state index contributed by atoms with van der Waals surface area (Å²) in [5, 5.41) is 14.3. The average Bonchev–Trinajstić information content (AvgIpc) is 3.23. The van der Waals surface area contributed by atoms with Gasteiger partial charge in [-0.15, -0.1) is 11.3 Å². The number of benzene rings is 2. The number of rotatable bonds is 4. The van der Waals surface area contributed by atoms with E-state index in [1.807, 2.05) is 54.6 Å². The van der Waals surface area contributed by atoms with Gasteiger partial charge in [0.2, 0.25) is 5.91 Å². The van der Waals surface area contributed by atoms with E-state index in [0.29, 0.717) is 6.61 Å². The third-order valence-electron chi connectivity index (χ3n) is 4.26. The molecule has 2 N–H and O–H groups in total. The van der Waals surface area contributed by atoms with Gasteiger partial charge < -0.3 is 15.2 Å². The molecule has 0 bridgehead atoms. The molecule has 4 nitrogen and oxygen atoms in total. The standard InChI is InChI=1S/C19H17NO3S/c21-15(18-9-12-5-1-4-8-17(12)24-18)10-20-19(22)14-11-23-16-7-3-2-6-13(14)16/h1-9,14-15,21H,10-11H2,(H,20,22). The normalized spacial score (nSPS) is 17.3. The predicted molar refractivity (Wildman–Crippen MR) is 94.5 cm³/mol. The molecule has 2 aromatic carbocycles. The second kappa shape index (κ2) is 6.26. The molecule has 2 atom stereocenters. The van der Waals surface area contributed by atoms with E-state index in [4.69, 9.17) is 4.74 Å². The molecule has 1 aliphatic heterocycles. The summed E-state index contributed by atoms with van der Waals surface area (Å²) < 4.78 is 6.68. The van der Waals surface area contributed by atoms with Crippen LogP contribution in [0.2, 0.25) is 0 Å². The fourth-order valence-corrected chi connectivity index (χ4v) is 4.02. The van der Waals surface area contributed by atoms with Crippen molar-refractivity contribution in [3.8, 4) is 5.75 Å². The summed E-state index contributed by atoms with van der Waals surface area (Å²) in [6, 6.07) is 17.6. The number of fused-ring (bicyclic) bond motifs is 2. The quantitative estimate of drug-likeness (QED) is 0.767. The minimum atomic E-state index is -0.705. The number of carbonyl (C=O) groups excluding carboxylic acids is 1. The number of carbonyl (C=O) groups is 1. The monoisotopic (exact) mass is 339 g/mol. The molecule has 1 amide bonds. The number of thiophene rings is 1. The van der Waals surface area contributed by atoms with Crippen LogP contribution in [0.25, 0.3) is 10.1 Å². The first-order valence-electron chi connectivity index (χ1n) is 7.88. The zero-order chi connectivity index (χ0) is 16.5. The van der Waals surface area contributed by atoms with Gasteiger partial charge in [-0.05, 0) is 23.6 Å². The highest BCUT2D eigenvalue weighted by Crippen LogP contribution is 2.34. The number of ether oxygens (including phenoxy) is 1. The molecule has 0 radical (unpaired) electrons. The Morgan fingerprint density at radius 2 is 2.04 bits per heavy atom. The SMILES string of the molecule is O=C(NCC(O)c1cc2ccccc2s1)C1COc2ccccc21. The van der Waals surface area contributed by atoms with E-state index in [0.717, 1.165) is 26.3 Å². The van der Waals surface area contributed by atoms with Crippen molar-refractivity contribution in [3.63, 3.8) is 0 Å². The topological polar surface area (TPSA) is 58.6 Å². The highest BCUT2D eigenvalue weighted by molar-refractivity contribution is 7.19. The summed E-state index contributed by atoms with van der Waals surface area (Å²) >= 11 is 1.55. The molecule has 4 rings (SSSR count). The summed E-state index contributed by atoms with van der Waals surface area (Å²) in [6.07, 6.45) is -0.705. The molecule has 0 aliphatic carbocycles. The molecular weight excluding hydrogens is 322 g/mol. The van der Waals surface area contributed by atoms with Crippen molar-refractivity contribution in [2.45, 2.75) is 12.0 Å². The average molecular weight is 339 g/mol. The van der Waals surface area contributed by atoms with Gasteiger partial charge in [-0.3, -0.25) is 4.79 Å². The van der Waals surface area contributed by atoms with E-state index in [-0.39, 0.29) is 18.4 Å². The van der Waals surface area contributed by atoms with Crippen molar-refractivity contribution >= 4 is 27.3 Å². The Morgan fingerprint density at radius 1 is 1.25 bits per heavy atom. The predicted octanol–water partition coefficient (Wildman–Crippen LogP) is 3.23.